The van der Waals surface area contributed by atoms with E-state index in [1.165, 1.54) is 6.20 Å². The van der Waals surface area contributed by atoms with Crippen molar-refractivity contribution in [1.29, 1.82) is 0 Å². The number of aromatic nitrogens is 3. The number of Topliss-reactive ketones (excluding diaryl/α,β-unsaturated/α-hetero) is 1. The Bertz CT molecular complexity index is 278. The number of nitrogens with zero attached hydrogens (tertiary/aromatic N) is 3. The smallest absolute Gasteiger partial charge is 0.182 e. The minimum atomic E-state index is 0.0914. The molecular formula is C8H13N3O. The van der Waals surface area contributed by atoms with E-state index < -0.39 is 0 Å². The lowest BCUT2D eigenvalue weighted by atomic mass is 10.2. The molecule has 0 saturated heterocycles. The van der Waals surface area contributed by atoms with Crippen LogP contribution in [0.1, 0.15) is 43.7 Å². The second-order valence-electron chi connectivity index (χ2n) is 2.93. The zero-order valence-corrected chi connectivity index (χ0v) is 7.61. The van der Waals surface area contributed by atoms with Crippen molar-refractivity contribution >= 4 is 5.78 Å². The first-order valence-electron chi connectivity index (χ1n) is 4.10. The number of rotatable bonds is 3. The Hall–Kier alpha value is -1.19. The molecule has 0 N–H and O–H groups in total. The van der Waals surface area contributed by atoms with Crippen LogP contribution in [-0.2, 0) is 0 Å². The van der Waals surface area contributed by atoms with Gasteiger partial charge in [-0.25, -0.2) is 4.68 Å². The summed E-state index contributed by atoms with van der Waals surface area (Å²) in [4.78, 5) is 11.3. The highest BCUT2D eigenvalue weighted by atomic mass is 16.1. The molecule has 0 amide bonds. The lowest BCUT2D eigenvalue weighted by Crippen LogP contribution is -2.11. The number of hydrogen-bond acceptors (Lipinski definition) is 3. The van der Waals surface area contributed by atoms with E-state index in [4.69, 9.17) is 0 Å². The molecule has 0 aliphatic rings. The molecule has 0 saturated carbocycles. The molecule has 0 radical (unpaired) electrons. The van der Waals surface area contributed by atoms with Gasteiger partial charge in [0.2, 0.25) is 0 Å². The lowest BCUT2D eigenvalue weighted by molar-refractivity contribution is 0.0976. The summed E-state index contributed by atoms with van der Waals surface area (Å²) in [6.07, 6.45) is 2.02. The first-order chi connectivity index (χ1) is 5.66. The molecule has 0 aromatic carbocycles. The van der Waals surface area contributed by atoms with Crippen LogP contribution in [0.2, 0.25) is 0 Å². The van der Waals surface area contributed by atoms with Gasteiger partial charge < -0.3 is 0 Å². The van der Waals surface area contributed by atoms with Gasteiger partial charge in [-0.1, -0.05) is 12.1 Å². The zero-order valence-electron chi connectivity index (χ0n) is 7.61. The summed E-state index contributed by atoms with van der Waals surface area (Å²) < 4.78 is 1.64. The predicted molar refractivity (Wildman–Crippen MR) is 45.0 cm³/mol. The second kappa shape index (κ2) is 3.47. The van der Waals surface area contributed by atoms with E-state index in [-0.39, 0.29) is 11.8 Å². The lowest BCUT2D eigenvalue weighted by Gasteiger charge is -2.06. The van der Waals surface area contributed by atoms with Gasteiger partial charge in [-0.3, -0.25) is 4.79 Å². The molecule has 4 nitrogen and oxygen atoms in total. The highest BCUT2D eigenvalue weighted by Gasteiger charge is 2.12. The summed E-state index contributed by atoms with van der Waals surface area (Å²) in [5, 5.41) is 7.54. The Labute approximate surface area is 71.6 Å². The molecule has 1 aromatic heterocycles. The third-order valence-corrected chi connectivity index (χ3v) is 1.67. The maximum Gasteiger partial charge on any atom is 0.182 e. The van der Waals surface area contributed by atoms with Gasteiger partial charge in [-0.2, -0.15) is 0 Å². The van der Waals surface area contributed by atoms with Gasteiger partial charge in [-0.15, -0.1) is 5.10 Å². The fourth-order valence-electron chi connectivity index (χ4n) is 1.01. The second-order valence-corrected chi connectivity index (χ2v) is 2.93. The Balaban J connectivity index is 2.99. The first-order valence-corrected chi connectivity index (χ1v) is 4.10. The van der Waals surface area contributed by atoms with Gasteiger partial charge in [0, 0.05) is 12.5 Å². The third kappa shape index (κ3) is 1.52. The van der Waals surface area contributed by atoms with Crippen LogP contribution in [0, 0.1) is 0 Å². The van der Waals surface area contributed by atoms with Crippen LogP contribution < -0.4 is 0 Å². The van der Waals surface area contributed by atoms with Crippen LogP contribution in [0.5, 0.6) is 0 Å². The van der Waals surface area contributed by atoms with Crippen LogP contribution in [0.3, 0.4) is 0 Å². The quantitative estimate of drug-likeness (QED) is 0.640. The Kier molecular flexibility index (Phi) is 2.58. The van der Waals surface area contributed by atoms with Gasteiger partial charge in [0.1, 0.15) is 5.69 Å². The van der Waals surface area contributed by atoms with Gasteiger partial charge in [0.05, 0.1) is 6.20 Å². The molecule has 66 valence electrons. The van der Waals surface area contributed by atoms with Crippen LogP contribution in [-0.4, -0.2) is 20.8 Å². The topological polar surface area (TPSA) is 47.8 Å². The van der Waals surface area contributed by atoms with Crippen LogP contribution >= 0.6 is 0 Å². The van der Waals surface area contributed by atoms with Gasteiger partial charge >= 0.3 is 0 Å². The number of hydrogen-bond donors (Lipinski definition) is 0. The molecule has 0 fully saturated rings. The summed E-state index contributed by atoms with van der Waals surface area (Å²) in [6, 6.07) is 0.193. The first kappa shape index (κ1) is 8.90. The minimum absolute atomic E-state index is 0.0914. The van der Waals surface area contributed by atoms with E-state index in [2.05, 4.69) is 10.3 Å². The van der Waals surface area contributed by atoms with Gasteiger partial charge in [0.25, 0.3) is 0 Å². The normalized spacial score (nSPS) is 10.7. The van der Waals surface area contributed by atoms with E-state index in [1.807, 2.05) is 20.8 Å². The minimum Gasteiger partial charge on any atom is -0.292 e. The average Bonchev–Trinajstić information content (AvgIpc) is 2.50. The average molecular weight is 167 g/mol. The van der Waals surface area contributed by atoms with Gasteiger partial charge in [0.15, 0.2) is 5.78 Å². The molecule has 1 aromatic rings. The molecule has 4 heteroatoms. The van der Waals surface area contributed by atoms with Crippen molar-refractivity contribution in [3.05, 3.63) is 11.9 Å². The molecule has 0 atom stereocenters. The third-order valence-electron chi connectivity index (χ3n) is 1.67. The van der Waals surface area contributed by atoms with Crippen molar-refractivity contribution in [2.45, 2.75) is 33.2 Å². The molecule has 12 heavy (non-hydrogen) atoms. The largest absolute Gasteiger partial charge is 0.292 e. The summed E-state index contributed by atoms with van der Waals surface area (Å²) in [7, 11) is 0. The van der Waals surface area contributed by atoms with E-state index >= 15 is 0 Å². The molecular weight excluding hydrogens is 154 g/mol. The molecule has 0 spiro atoms. The maximum atomic E-state index is 11.3. The van der Waals surface area contributed by atoms with Crippen LogP contribution in [0.15, 0.2) is 6.20 Å². The molecule has 0 aliphatic heterocycles. The van der Waals surface area contributed by atoms with Crippen molar-refractivity contribution in [3.8, 4) is 0 Å². The van der Waals surface area contributed by atoms with Crippen molar-refractivity contribution in [3.63, 3.8) is 0 Å². The van der Waals surface area contributed by atoms with Gasteiger partial charge in [-0.05, 0) is 13.8 Å². The van der Waals surface area contributed by atoms with E-state index in [0.29, 0.717) is 12.1 Å². The fourth-order valence-corrected chi connectivity index (χ4v) is 1.01. The van der Waals surface area contributed by atoms with Crippen molar-refractivity contribution in [1.82, 2.24) is 15.0 Å². The number of carbonyl (C=O) groups is 1. The van der Waals surface area contributed by atoms with Crippen LogP contribution in [0.4, 0.5) is 0 Å². The molecule has 1 heterocycles. The van der Waals surface area contributed by atoms with E-state index in [0.717, 1.165) is 0 Å². The highest BCUT2D eigenvalue weighted by molar-refractivity contribution is 5.93. The Morgan fingerprint density at radius 1 is 1.67 bits per heavy atom. The monoisotopic (exact) mass is 167 g/mol. The number of ketones is 1. The maximum absolute atomic E-state index is 11.3. The Morgan fingerprint density at radius 3 is 2.83 bits per heavy atom. The summed E-state index contributed by atoms with van der Waals surface area (Å²) in [5.74, 6) is 0.0914. The summed E-state index contributed by atoms with van der Waals surface area (Å²) in [5.41, 5.74) is 0.604. The molecule has 0 unspecified atom stereocenters. The Morgan fingerprint density at radius 2 is 2.33 bits per heavy atom. The van der Waals surface area contributed by atoms with E-state index in [9.17, 15) is 4.79 Å². The molecule has 0 bridgehead atoms. The predicted octanol–water partition coefficient (Wildman–Crippen LogP) is 1.45. The summed E-state index contributed by atoms with van der Waals surface area (Å²) in [6.45, 7) is 5.78. The van der Waals surface area contributed by atoms with Crippen LogP contribution in [0.25, 0.3) is 0 Å². The number of carbonyl (C=O) groups excluding carboxylic acids is 1. The van der Waals surface area contributed by atoms with Crippen molar-refractivity contribution in [2.24, 2.45) is 0 Å². The standard InChI is InChI=1S/C8H13N3O/c1-4-8(12)7-5-9-10-11(7)6(2)3/h5-6H,4H2,1-3H3. The fraction of sp³-hybridized carbons (Fsp3) is 0.625. The molecule has 1 rings (SSSR count). The van der Waals surface area contributed by atoms with Crippen molar-refractivity contribution < 1.29 is 4.79 Å². The SMILES string of the molecule is CCC(=O)c1cnnn1C(C)C. The summed E-state index contributed by atoms with van der Waals surface area (Å²) >= 11 is 0. The zero-order chi connectivity index (χ0) is 9.14. The molecule has 0 aliphatic carbocycles. The van der Waals surface area contributed by atoms with E-state index in [1.54, 1.807) is 4.68 Å². The van der Waals surface area contributed by atoms with Crippen molar-refractivity contribution in [2.75, 3.05) is 0 Å². The highest BCUT2D eigenvalue weighted by Crippen LogP contribution is 2.07.